The summed E-state index contributed by atoms with van der Waals surface area (Å²) in [4.78, 5) is 2.14. The van der Waals surface area contributed by atoms with Crippen LogP contribution in [0.25, 0.3) is 0 Å². The van der Waals surface area contributed by atoms with E-state index in [-0.39, 0.29) is 6.10 Å². The van der Waals surface area contributed by atoms with Crippen LogP contribution in [0.2, 0.25) is 0 Å². The number of aliphatic hydroxyl groups excluding tert-OH is 1. The number of halogens is 1. The monoisotopic (exact) mass is 202 g/mol. The van der Waals surface area contributed by atoms with Crippen molar-refractivity contribution in [2.24, 2.45) is 5.92 Å². The third-order valence-electron chi connectivity index (χ3n) is 2.55. The molecule has 1 heterocycles. The van der Waals surface area contributed by atoms with Gasteiger partial charge in [-0.3, -0.25) is 0 Å². The van der Waals surface area contributed by atoms with Gasteiger partial charge in [0.05, 0.1) is 12.2 Å². The molecular weight excluding hydrogens is 188 g/mol. The molecule has 1 rings (SSSR count). The van der Waals surface area contributed by atoms with Gasteiger partial charge in [-0.1, -0.05) is 0 Å². The van der Waals surface area contributed by atoms with Gasteiger partial charge in [-0.2, -0.15) is 5.26 Å². The van der Waals surface area contributed by atoms with Gasteiger partial charge in [0.15, 0.2) is 0 Å². The minimum Gasteiger partial charge on any atom is -0.393 e. The Morgan fingerprint density at radius 2 is 2.46 bits per heavy atom. The van der Waals surface area contributed by atoms with Crippen LogP contribution in [0.5, 0.6) is 0 Å². The largest absolute Gasteiger partial charge is 0.393 e. The topological polar surface area (TPSA) is 47.3 Å². The van der Waals surface area contributed by atoms with Crippen molar-refractivity contribution >= 4 is 11.6 Å². The molecule has 0 spiro atoms. The Bertz CT molecular complexity index is 202. The Morgan fingerprint density at radius 1 is 1.77 bits per heavy atom. The van der Waals surface area contributed by atoms with Gasteiger partial charge in [0.2, 0.25) is 0 Å². The molecule has 0 aromatic heterocycles. The van der Waals surface area contributed by atoms with Crippen LogP contribution in [-0.2, 0) is 0 Å². The lowest BCUT2D eigenvalue weighted by Gasteiger charge is -2.17. The van der Waals surface area contributed by atoms with E-state index in [2.05, 4.69) is 4.90 Å². The maximum Gasteiger partial charge on any atom is 0.133 e. The van der Waals surface area contributed by atoms with Crippen LogP contribution in [0.15, 0.2) is 0 Å². The number of likely N-dealkylation sites (tertiary alicyclic amines) is 1. The molecule has 0 aromatic rings. The molecule has 0 aliphatic carbocycles. The Morgan fingerprint density at radius 3 is 2.92 bits per heavy atom. The molecule has 1 aliphatic rings. The van der Waals surface area contributed by atoms with Crippen molar-refractivity contribution in [3.8, 4) is 6.07 Å². The van der Waals surface area contributed by atoms with Crippen LogP contribution in [0.1, 0.15) is 13.3 Å². The van der Waals surface area contributed by atoms with Crippen molar-refractivity contribution < 1.29 is 5.11 Å². The number of nitriles is 1. The smallest absolute Gasteiger partial charge is 0.133 e. The van der Waals surface area contributed by atoms with Crippen molar-refractivity contribution in [3.05, 3.63) is 0 Å². The molecule has 3 unspecified atom stereocenters. The van der Waals surface area contributed by atoms with Gasteiger partial charge in [0.25, 0.3) is 0 Å². The molecule has 0 bridgehead atoms. The Labute approximate surface area is 83.9 Å². The van der Waals surface area contributed by atoms with Crippen LogP contribution in [0.4, 0.5) is 0 Å². The molecule has 74 valence electrons. The maximum atomic E-state index is 9.34. The van der Waals surface area contributed by atoms with Crippen LogP contribution < -0.4 is 0 Å². The van der Waals surface area contributed by atoms with Gasteiger partial charge in [0, 0.05) is 13.1 Å². The van der Waals surface area contributed by atoms with E-state index in [9.17, 15) is 5.11 Å². The van der Waals surface area contributed by atoms with Crippen molar-refractivity contribution in [2.45, 2.75) is 24.8 Å². The number of nitrogens with zero attached hydrogens (tertiary/aromatic N) is 2. The Kier molecular flexibility index (Phi) is 3.98. The van der Waals surface area contributed by atoms with E-state index in [0.717, 1.165) is 19.5 Å². The molecule has 13 heavy (non-hydrogen) atoms. The van der Waals surface area contributed by atoms with Crippen LogP contribution in [-0.4, -0.2) is 41.1 Å². The zero-order valence-electron chi connectivity index (χ0n) is 7.78. The predicted molar refractivity (Wildman–Crippen MR) is 51.5 cm³/mol. The van der Waals surface area contributed by atoms with E-state index in [1.807, 2.05) is 13.0 Å². The van der Waals surface area contributed by atoms with Crippen molar-refractivity contribution in [1.29, 1.82) is 5.26 Å². The first-order chi connectivity index (χ1) is 6.13. The summed E-state index contributed by atoms with van der Waals surface area (Å²) in [6.45, 7) is 4.24. The third kappa shape index (κ3) is 3.15. The predicted octanol–water partition coefficient (Wildman–Crippen LogP) is 0.820. The fraction of sp³-hybridized carbons (Fsp3) is 0.889. The zero-order chi connectivity index (χ0) is 9.84. The first-order valence-electron chi connectivity index (χ1n) is 4.57. The SMILES string of the molecule is CC(O)C1CCN(CC(Cl)C#N)C1. The lowest BCUT2D eigenvalue weighted by Crippen LogP contribution is -2.29. The number of hydrogen-bond donors (Lipinski definition) is 1. The average Bonchev–Trinajstić information content (AvgIpc) is 2.52. The molecule has 0 radical (unpaired) electrons. The summed E-state index contributed by atoms with van der Waals surface area (Å²) in [5, 5.41) is 17.4. The van der Waals surface area contributed by atoms with Crippen LogP contribution in [0, 0.1) is 17.2 Å². The van der Waals surface area contributed by atoms with Gasteiger partial charge < -0.3 is 10.0 Å². The van der Waals surface area contributed by atoms with Gasteiger partial charge in [0.1, 0.15) is 5.38 Å². The van der Waals surface area contributed by atoms with E-state index in [1.165, 1.54) is 0 Å². The van der Waals surface area contributed by atoms with E-state index >= 15 is 0 Å². The highest BCUT2D eigenvalue weighted by molar-refractivity contribution is 6.22. The summed E-state index contributed by atoms with van der Waals surface area (Å²) in [6.07, 6.45) is 0.757. The highest BCUT2D eigenvalue weighted by Crippen LogP contribution is 2.20. The average molecular weight is 203 g/mol. The molecule has 3 nitrogen and oxygen atoms in total. The summed E-state index contributed by atoms with van der Waals surface area (Å²) >= 11 is 5.71. The number of aliphatic hydroxyl groups is 1. The number of alkyl halides is 1. The van der Waals surface area contributed by atoms with Crippen molar-refractivity contribution in [1.82, 2.24) is 4.90 Å². The minimum atomic E-state index is -0.423. The first-order valence-corrected chi connectivity index (χ1v) is 5.01. The lowest BCUT2D eigenvalue weighted by molar-refractivity contribution is 0.128. The van der Waals surface area contributed by atoms with E-state index in [1.54, 1.807) is 0 Å². The summed E-state index contributed by atoms with van der Waals surface area (Å²) in [7, 11) is 0. The standard InChI is InChI=1S/C9H15ClN2O/c1-7(13)8-2-3-12(5-8)6-9(10)4-11/h7-9,13H,2-3,5-6H2,1H3. The Balaban J connectivity index is 2.30. The molecule has 0 saturated carbocycles. The molecule has 1 aliphatic heterocycles. The quantitative estimate of drug-likeness (QED) is 0.690. The second-order valence-electron chi connectivity index (χ2n) is 3.65. The van der Waals surface area contributed by atoms with Gasteiger partial charge in [-0.15, -0.1) is 11.6 Å². The fourth-order valence-electron chi connectivity index (χ4n) is 1.69. The van der Waals surface area contributed by atoms with E-state index < -0.39 is 5.38 Å². The van der Waals surface area contributed by atoms with Gasteiger partial charge >= 0.3 is 0 Å². The van der Waals surface area contributed by atoms with Gasteiger partial charge in [-0.05, 0) is 25.8 Å². The molecule has 4 heteroatoms. The summed E-state index contributed by atoms with van der Waals surface area (Å²) in [6, 6.07) is 2.00. The van der Waals surface area contributed by atoms with Crippen molar-refractivity contribution in [3.63, 3.8) is 0 Å². The van der Waals surface area contributed by atoms with Crippen molar-refractivity contribution in [2.75, 3.05) is 19.6 Å². The highest BCUT2D eigenvalue weighted by Gasteiger charge is 2.26. The zero-order valence-corrected chi connectivity index (χ0v) is 8.54. The van der Waals surface area contributed by atoms with Crippen LogP contribution >= 0.6 is 11.6 Å². The summed E-state index contributed by atoms with van der Waals surface area (Å²) in [5.74, 6) is 0.350. The molecular formula is C9H15ClN2O. The lowest BCUT2D eigenvalue weighted by atomic mass is 10.0. The molecule has 0 aromatic carbocycles. The van der Waals surface area contributed by atoms with Gasteiger partial charge in [-0.25, -0.2) is 0 Å². The first kappa shape index (κ1) is 10.8. The number of rotatable bonds is 3. The minimum absolute atomic E-state index is 0.249. The molecule has 1 saturated heterocycles. The van der Waals surface area contributed by atoms with E-state index in [4.69, 9.17) is 16.9 Å². The second-order valence-corrected chi connectivity index (χ2v) is 4.17. The highest BCUT2D eigenvalue weighted by atomic mass is 35.5. The van der Waals surface area contributed by atoms with Crippen LogP contribution in [0.3, 0.4) is 0 Å². The molecule has 3 atom stereocenters. The normalized spacial score (nSPS) is 28.3. The summed E-state index contributed by atoms with van der Waals surface area (Å²) < 4.78 is 0. The second kappa shape index (κ2) is 4.80. The van der Waals surface area contributed by atoms with E-state index in [0.29, 0.717) is 12.5 Å². The molecule has 1 N–H and O–H groups in total. The fourth-order valence-corrected chi connectivity index (χ4v) is 1.88. The molecule has 0 amide bonds. The molecule has 1 fully saturated rings. The Hall–Kier alpha value is -0.300. The maximum absolute atomic E-state index is 9.34. The summed E-state index contributed by atoms with van der Waals surface area (Å²) in [5.41, 5.74) is 0. The third-order valence-corrected chi connectivity index (χ3v) is 2.79. The number of hydrogen-bond acceptors (Lipinski definition) is 3.